The van der Waals surface area contributed by atoms with E-state index >= 15 is 0 Å². The summed E-state index contributed by atoms with van der Waals surface area (Å²) in [5, 5.41) is 13.7. The van der Waals surface area contributed by atoms with Gasteiger partial charge in [-0.25, -0.2) is 9.79 Å². The largest absolute Gasteiger partial charge is 0.494 e. The van der Waals surface area contributed by atoms with E-state index in [2.05, 4.69) is 10.3 Å². The van der Waals surface area contributed by atoms with Gasteiger partial charge in [-0.05, 0) is 24.3 Å². The van der Waals surface area contributed by atoms with Crippen molar-refractivity contribution in [3.8, 4) is 5.88 Å². The van der Waals surface area contributed by atoms with E-state index in [9.17, 15) is 19.5 Å². The fourth-order valence-corrected chi connectivity index (χ4v) is 3.70. The Balaban J connectivity index is 1.97. The summed E-state index contributed by atoms with van der Waals surface area (Å²) in [6.07, 6.45) is 0. The first kappa shape index (κ1) is 22.4. The van der Waals surface area contributed by atoms with Crippen LogP contribution in [0.4, 0.5) is 11.4 Å². The topological polar surface area (TPSA) is 106 Å². The molecule has 0 saturated heterocycles. The molecular formula is C21H19ClN4O4S. The Morgan fingerprint density at radius 2 is 1.71 bits per heavy atom. The summed E-state index contributed by atoms with van der Waals surface area (Å²) < 4.78 is 1.82. The molecule has 2 aromatic carbocycles. The number of aromatic hydroxyl groups is 1. The second kappa shape index (κ2) is 9.67. The maximum absolute atomic E-state index is 12.8. The van der Waals surface area contributed by atoms with Crippen LogP contribution in [-0.2, 0) is 18.9 Å². The highest BCUT2D eigenvalue weighted by Crippen LogP contribution is 2.24. The minimum atomic E-state index is -0.714. The van der Waals surface area contributed by atoms with E-state index < -0.39 is 17.1 Å². The van der Waals surface area contributed by atoms with E-state index in [-0.39, 0.29) is 22.3 Å². The van der Waals surface area contributed by atoms with Crippen molar-refractivity contribution < 1.29 is 9.90 Å². The van der Waals surface area contributed by atoms with Gasteiger partial charge < -0.3 is 10.4 Å². The molecule has 8 nitrogen and oxygen atoms in total. The predicted octanol–water partition coefficient (Wildman–Crippen LogP) is 2.89. The summed E-state index contributed by atoms with van der Waals surface area (Å²) in [6.45, 7) is 0. The summed E-state index contributed by atoms with van der Waals surface area (Å²) in [5.41, 5.74) is -0.575. The van der Waals surface area contributed by atoms with Gasteiger partial charge in [-0.15, -0.1) is 0 Å². The van der Waals surface area contributed by atoms with Crippen molar-refractivity contribution >= 4 is 45.7 Å². The monoisotopic (exact) mass is 458 g/mol. The number of hydrogen-bond acceptors (Lipinski definition) is 6. The lowest BCUT2D eigenvalue weighted by Gasteiger charge is -2.13. The lowest BCUT2D eigenvalue weighted by molar-refractivity contribution is -0.113. The average Bonchev–Trinajstić information content (AvgIpc) is 2.77. The van der Waals surface area contributed by atoms with Gasteiger partial charge in [0.2, 0.25) is 11.8 Å². The summed E-state index contributed by atoms with van der Waals surface area (Å²) in [6, 6.07) is 15.6. The minimum absolute atomic E-state index is 0.106. The first-order valence-electron chi connectivity index (χ1n) is 9.10. The summed E-state index contributed by atoms with van der Waals surface area (Å²) in [7, 11) is 2.65. The van der Waals surface area contributed by atoms with Crippen molar-refractivity contribution in [2.75, 3.05) is 11.1 Å². The van der Waals surface area contributed by atoms with Crippen LogP contribution in [0.2, 0.25) is 5.02 Å². The van der Waals surface area contributed by atoms with E-state index in [1.807, 2.05) is 6.07 Å². The average molecular weight is 459 g/mol. The molecule has 0 fully saturated rings. The van der Waals surface area contributed by atoms with Crippen LogP contribution in [0.1, 0.15) is 5.56 Å². The first-order chi connectivity index (χ1) is 14.8. The molecule has 1 aromatic heterocycles. The molecule has 0 radical (unpaired) electrons. The van der Waals surface area contributed by atoms with Crippen molar-refractivity contribution in [1.29, 1.82) is 0 Å². The number of hydrogen-bond donors (Lipinski definition) is 2. The van der Waals surface area contributed by atoms with E-state index in [1.54, 1.807) is 48.5 Å². The Labute approximate surface area is 186 Å². The zero-order chi connectivity index (χ0) is 22.5. The molecule has 31 heavy (non-hydrogen) atoms. The normalized spacial score (nSPS) is 11.4. The standard InChI is InChI=1S/C21H19ClN4O4S/c1-25-19(28)17(20(29)26(2)21(25)30)18(23-13-8-4-3-5-9-13)31-12-16(27)24-15-11-7-6-10-14(15)22/h3-11,28H,12H2,1-2H3,(H,24,27). The molecule has 3 rings (SSSR count). The highest BCUT2D eigenvalue weighted by atomic mass is 35.5. The Kier molecular flexibility index (Phi) is 6.98. The smallest absolute Gasteiger partial charge is 0.333 e. The first-order valence-corrected chi connectivity index (χ1v) is 10.5. The zero-order valence-corrected chi connectivity index (χ0v) is 18.3. The molecule has 0 aliphatic carbocycles. The van der Waals surface area contributed by atoms with Crippen LogP contribution in [0.15, 0.2) is 69.2 Å². The van der Waals surface area contributed by atoms with Crippen LogP contribution in [0.5, 0.6) is 5.88 Å². The molecule has 10 heteroatoms. The lowest BCUT2D eigenvalue weighted by Crippen LogP contribution is -2.39. The van der Waals surface area contributed by atoms with Gasteiger partial charge in [-0.1, -0.05) is 53.7 Å². The second-order valence-corrected chi connectivity index (χ2v) is 7.84. The molecule has 0 bridgehead atoms. The van der Waals surface area contributed by atoms with Crippen molar-refractivity contribution in [2.45, 2.75) is 0 Å². The van der Waals surface area contributed by atoms with Crippen LogP contribution in [0.3, 0.4) is 0 Å². The number of carbonyl (C=O) groups is 1. The van der Waals surface area contributed by atoms with Gasteiger partial charge in [0.25, 0.3) is 5.56 Å². The third kappa shape index (κ3) is 5.07. The summed E-state index contributed by atoms with van der Waals surface area (Å²) in [4.78, 5) is 41.7. The molecule has 160 valence electrons. The highest BCUT2D eigenvalue weighted by molar-refractivity contribution is 8.15. The van der Waals surface area contributed by atoms with Crippen molar-refractivity contribution in [3.05, 3.63) is 86.0 Å². The zero-order valence-electron chi connectivity index (χ0n) is 16.7. The Morgan fingerprint density at radius 1 is 1.06 bits per heavy atom. The van der Waals surface area contributed by atoms with Gasteiger partial charge in [0.05, 0.1) is 22.2 Å². The van der Waals surface area contributed by atoms with Gasteiger partial charge in [-0.3, -0.25) is 18.7 Å². The van der Waals surface area contributed by atoms with Gasteiger partial charge >= 0.3 is 5.69 Å². The maximum atomic E-state index is 12.8. The van der Waals surface area contributed by atoms with Crippen LogP contribution >= 0.6 is 23.4 Å². The third-order valence-corrected chi connectivity index (χ3v) is 5.63. The van der Waals surface area contributed by atoms with E-state index in [4.69, 9.17) is 11.6 Å². The van der Waals surface area contributed by atoms with Gasteiger partial charge in [0.15, 0.2) is 0 Å². The molecule has 0 aliphatic rings. The van der Waals surface area contributed by atoms with Gasteiger partial charge in [0.1, 0.15) is 10.6 Å². The van der Waals surface area contributed by atoms with E-state index in [0.29, 0.717) is 16.4 Å². The Bertz CT molecular complexity index is 1270. The minimum Gasteiger partial charge on any atom is -0.494 e. The Morgan fingerprint density at radius 3 is 2.39 bits per heavy atom. The number of nitrogens with one attached hydrogen (secondary N) is 1. The number of para-hydroxylation sites is 2. The number of aliphatic imine (C=N–C) groups is 1. The predicted molar refractivity (Wildman–Crippen MR) is 124 cm³/mol. The van der Waals surface area contributed by atoms with Crippen molar-refractivity contribution in [2.24, 2.45) is 19.1 Å². The van der Waals surface area contributed by atoms with Crippen molar-refractivity contribution in [3.63, 3.8) is 0 Å². The van der Waals surface area contributed by atoms with Crippen LogP contribution in [0, 0.1) is 0 Å². The van der Waals surface area contributed by atoms with E-state index in [1.165, 1.54) is 14.1 Å². The highest BCUT2D eigenvalue weighted by Gasteiger charge is 2.22. The number of halogens is 1. The molecule has 0 atom stereocenters. The van der Waals surface area contributed by atoms with Crippen molar-refractivity contribution in [1.82, 2.24) is 9.13 Å². The number of amides is 1. The number of nitrogens with zero attached hydrogens (tertiary/aromatic N) is 3. The van der Waals surface area contributed by atoms with Crippen LogP contribution < -0.4 is 16.6 Å². The SMILES string of the molecule is Cn1c(O)c(C(=Nc2ccccc2)SCC(=O)Nc2ccccc2Cl)c(=O)n(C)c1=O. The van der Waals surface area contributed by atoms with Crippen LogP contribution in [0.25, 0.3) is 0 Å². The van der Waals surface area contributed by atoms with Gasteiger partial charge in [-0.2, -0.15) is 0 Å². The molecule has 0 unspecified atom stereocenters. The number of thioether (sulfide) groups is 1. The molecular weight excluding hydrogens is 440 g/mol. The second-order valence-electron chi connectivity index (χ2n) is 6.47. The summed E-state index contributed by atoms with van der Waals surface area (Å²) >= 11 is 7.03. The van der Waals surface area contributed by atoms with E-state index in [0.717, 1.165) is 20.9 Å². The number of carbonyl (C=O) groups excluding carboxylic acids is 1. The molecule has 1 amide bonds. The molecule has 1 heterocycles. The Hall–Kier alpha value is -3.30. The number of aromatic nitrogens is 2. The quantitative estimate of drug-likeness (QED) is 0.451. The van der Waals surface area contributed by atoms with Crippen LogP contribution in [-0.4, -0.2) is 30.9 Å². The number of benzene rings is 2. The third-order valence-electron chi connectivity index (χ3n) is 4.32. The summed E-state index contributed by atoms with van der Waals surface area (Å²) in [5.74, 6) is -1.01. The molecule has 2 N–H and O–H groups in total. The molecule has 0 spiro atoms. The lowest BCUT2D eigenvalue weighted by atomic mass is 10.3. The molecule has 3 aromatic rings. The molecule has 0 saturated carbocycles. The fraction of sp³-hybridized carbons (Fsp3) is 0.143. The fourth-order valence-electron chi connectivity index (χ4n) is 2.68. The maximum Gasteiger partial charge on any atom is 0.333 e. The molecule has 0 aliphatic heterocycles. The number of anilines is 1. The number of rotatable bonds is 5. The van der Waals surface area contributed by atoms with Gasteiger partial charge in [0, 0.05) is 14.1 Å².